The molecular weight excluding hydrogens is 202 g/mol. The Bertz CT molecular complexity index is 453. The Labute approximate surface area is 82.9 Å². The molecule has 1 aromatic carbocycles. The molecule has 0 saturated carbocycles. The first kappa shape index (κ1) is 9.48. The summed E-state index contributed by atoms with van der Waals surface area (Å²) in [5, 5.41) is 0. The van der Waals surface area contributed by atoms with Crippen LogP contribution in [0.3, 0.4) is 0 Å². The van der Waals surface area contributed by atoms with Gasteiger partial charge in [0.1, 0.15) is 5.75 Å². The molecule has 0 amide bonds. The molecule has 5 heteroatoms. The van der Waals surface area contributed by atoms with Crippen molar-refractivity contribution >= 4 is 10.0 Å². The topological polar surface area (TPSA) is 55.4 Å². The molecule has 1 aromatic rings. The monoisotopic (exact) mass is 213 g/mol. The van der Waals surface area contributed by atoms with Crippen molar-refractivity contribution in [1.82, 2.24) is 4.72 Å². The van der Waals surface area contributed by atoms with E-state index in [0.29, 0.717) is 17.2 Å². The molecule has 14 heavy (non-hydrogen) atoms. The number of benzene rings is 1. The molecule has 4 nitrogen and oxygen atoms in total. The second-order valence-electron chi connectivity index (χ2n) is 3.12. The van der Waals surface area contributed by atoms with E-state index in [0.717, 1.165) is 12.0 Å². The molecule has 0 fully saturated rings. The van der Waals surface area contributed by atoms with Crippen LogP contribution in [0.5, 0.6) is 5.75 Å². The van der Waals surface area contributed by atoms with E-state index in [2.05, 4.69) is 4.72 Å². The molecule has 1 N–H and O–H groups in total. The van der Waals surface area contributed by atoms with Gasteiger partial charge in [0.25, 0.3) is 0 Å². The largest absolute Gasteiger partial charge is 0.497 e. The lowest BCUT2D eigenvalue weighted by atomic mass is 10.1. The maximum atomic E-state index is 11.6. The van der Waals surface area contributed by atoms with Crippen LogP contribution in [0.25, 0.3) is 0 Å². The Kier molecular flexibility index (Phi) is 2.20. The average Bonchev–Trinajstić information content (AvgIpc) is 2.17. The second-order valence-corrected chi connectivity index (χ2v) is 4.86. The van der Waals surface area contributed by atoms with Crippen molar-refractivity contribution in [1.29, 1.82) is 0 Å². The lowest BCUT2D eigenvalue weighted by molar-refractivity contribution is 0.413. The summed E-state index contributed by atoms with van der Waals surface area (Å²) in [7, 11) is -1.79. The van der Waals surface area contributed by atoms with E-state index < -0.39 is 10.0 Å². The van der Waals surface area contributed by atoms with E-state index >= 15 is 0 Å². The van der Waals surface area contributed by atoms with Crippen LogP contribution in [0.4, 0.5) is 0 Å². The summed E-state index contributed by atoms with van der Waals surface area (Å²) in [6.45, 7) is 0.474. The first-order valence-corrected chi connectivity index (χ1v) is 5.78. The Morgan fingerprint density at radius 1 is 1.43 bits per heavy atom. The molecule has 1 aliphatic rings. The van der Waals surface area contributed by atoms with Gasteiger partial charge in [-0.05, 0) is 18.1 Å². The molecule has 0 unspecified atom stereocenters. The summed E-state index contributed by atoms with van der Waals surface area (Å²) in [5.74, 6) is 0.566. The van der Waals surface area contributed by atoms with E-state index in [-0.39, 0.29) is 0 Å². The first-order chi connectivity index (χ1) is 6.63. The van der Waals surface area contributed by atoms with Gasteiger partial charge in [-0.2, -0.15) is 0 Å². The van der Waals surface area contributed by atoms with Gasteiger partial charge in [0.15, 0.2) is 0 Å². The van der Waals surface area contributed by atoms with Crippen molar-refractivity contribution in [2.45, 2.75) is 11.3 Å². The van der Waals surface area contributed by atoms with Crippen LogP contribution in [0.2, 0.25) is 0 Å². The molecule has 0 atom stereocenters. The molecule has 1 aliphatic heterocycles. The number of sulfonamides is 1. The maximum Gasteiger partial charge on any atom is 0.240 e. The van der Waals surface area contributed by atoms with Crippen LogP contribution in [-0.2, 0) is 16.4 Å². The molecule has 0 aliphatic carbocycles. The zero-order valence-electron chi connectivity index (χ0n) is 7.78. The molecule has 76 valence electrons. The molecule has 1 heterocycles. The first-order valence-electron chi connectivity index (χ1n) is 4.30. The molecule has 2 rings (SSSR count). The minimum absolute atomic E-state index is 0.336. The zero-order valence-corrected chi connectivity index (χ0v) is 8.60. The van der Waals surface area contributed by atoms with Crippen LogP contribution in [0.15, 0.2) is 23.1 Å². The summed E-state index contributed by atoms with van der Waals surface area (Å²) in [6.07, 6.45) is 0.735. The van der Waals surface area contributed by atoms with Gasteiger partial charge in [0.2, 0.25) is 10.0 Å². The fraction of sp³-hybridized carbons (Fsp3) is 0.333. The van der Waals surface area contributed by atoms with Crippen molar-refractivity contribution in [3.8, 4) is 5.75 Å². The highest BCUT2D eigenvalue weighted by Gasteiger charge is 2.22. The predicted molar refractivity (Wildman–Crippen MR) is 51.9 cm³/mol. The number of methoxy groups -OCH3 is 1. The third-order valence-electron chi connectivity index (χ3n) is 2.25. The van der Waals surface area contributed by atoms with Crippen molar-refractivity contribution in [2.75, 3.05) is 13.7 Å². The van der Waals surface area contributed by atoms with Gasteiger partial charge in [-0.1, -0.05) is 6.07 Å². The lowest BCUT2D eigenvalue weighted by Crippen LogP contribution is -2.31. The Balaban J connectivity index is 2.61. The molecule has 0 radical (unpaired) electrons. The second kappa shape index (κ2) is 3.25. The summed E-state index contributed by atoms with van der Waals surface area (Å²) >= 11 is 0. The van der Waals surface area contributed by atoms with E-state index in [1.165, 1.54) is 7.11 Å². The normalized spacial score (nSPS) is 18.6. The average molecular weight is 213 g/mol. The van der Waals surface area contributed by atoms with Crippen molar-refractivity contribution in [3.63, 3.8) is 0 Å². The Morgan fingerprint density at radius 3 is 2.93 bits per heavy atom. The minimum Gasteiger partial charge on any atom is -0.497 e. The number of nitrogens with one attached hydrogen (secondary N) is 1. The highest BCUT2D eigenvalue weighted by Crippen LogP contribution is 2.24. The van der Waals surface area contributed by atoms with Gasteiger partial charge in [0, 0.05) is 12.6 Å². The number of ether oxygens (including phenoxy) is 1. The standard InChI is InChI=1S/C9H11NO3S/c1-13-8-3-2-7-4-5-10-14(11,12)9(7)6-8/h2-3,6,10H,4-5H2,1H3. The predicted octanol–water partition coefficient (Wildman–Crippen LogP) is 0.530. The number of rotatable bonds is 1. The van der Waals surface area contributed by atoms with Crippen molar-refractivity contribution in [2.24, 2.45) is 0 Å². The van der Waals surface area contributed by atoms with Gasteiger partial charge < -0.3 is 4.74 Å². The summed E-state index contributed by atoms with van der Waals surface area (Å²) in [4.78, 5) is 0.336. The highest BCUT2D eigenvalue weighted by atomic mass is 32.2. The molecule has 0 spiro atoms. The van der Waals surface area contributed by atoms with Crippen LogP contribution < -0.4 is 9.46 Å². The van der Waals surface area contributed by atoms with Crippen LogP contribution in [0, 0.1) is 0 Å². The highest BCUT2D eigenvalue weighted by molar-refractivity contribution is 7.89. The molecule has 0 bridgehead atoms. The van der Waals surface area contributed by atoms with Gasteiger partial charge in [-0.3, -0.25) is 0 Å². The molecule has 0 aromatic heterocycles. The number of hydrogen-bond donors (Lipinski definition) is 1. The third kappa shape index (κ3) is 1.49. The lowest BCUT2D eigenvalue weighted by Gasteiger charge is -2.17. The number of hydrogen-bond acceptors (Lipinski definition) is 3. The summed E-state index contributed by atoms with van der Waals surface area (Å²) < 4.78 is 30.6. The van der Waals surface area contributed by atoms with Crippen LogP contribution in [0.1, 0.15) is 5.56 Å². The number of fused-ring (bicyclic) bond motifs is 1. The maximum absolute atomic E-state index is 11.6. The molecule has 0 saturated heterocycles. The Morgan fingerprint density at radius 2 is 2.21 bits per heavy atom. The Hall–Kier alpha value is -1.07. The van der Waals surface area contributed by atoms with E-state index in [1.54, 1.807) is 18.2 Å². The fourth-order valence-corrected chi connectivity index (χ4v) is 2.83. The molecular formula is C9H11NO3S. The minimum atomic E-state index is -3.30. The fourth-order valence-electron chi connectivity index (χ4n) is 1.52. The van der Waals surface area contributed by atoms with E-state index in [9.17, 15) is 8.42 Å². The van der Waals surface area contributed by atoms with Crippen LogP contribution >= 0.6 is 0 Å². The van der Waals surface area contributed by atoms with Gasteiger partial charge in [-0.25, -0.2) is 13.1 Å². The quantitative estimate of drug-likeness (QED) is 0.740. The van der Waals surface area contributed by atoms with E-state index in [1.807, 2.05) is 0 Å². The van der Waals surface area contributed by atoms with Gasteiger partial charge >= 0.3 is 0 Å². The summed E-state index contributed by atoms with van der Waals surface area (Å²) in [5.41, 5.74) is 0.851. The SMILES string of the molecule is COc1ccc2c(c1)S(=O)(=O)NCC2. The smallest absolute Gasteiger partial charge is 0.240 e. The summed E-state index contributed by atoms with van der Waals surface area (Å²) in [6, 6.07) is 5.13. The van der Waals surface area contributed by atoms with Crippen molar-refractivity contribution < 1.29 is 13.2 Å². The van der Waals surface area contributed by atoms with E-state index in [4.69, 9.17) is 4.74 Å². The third-order valence-corrected chi connectivity index (χ3v) is 3.79. The van der Waals surface area contributed by atoms with Gasteiger partial charge in [0.05, 0.1) is 12.0 Å². The van der Waals surface area contributed by atoms with Gasteiger partial charge in [-0.15, -0.1) is 0 Å². The zero-order chi connectivity index (χ0) is 10.2. The van der Waals surface area contributed by atoms with Crippen LogP contribution in [-0.4, -0.2) is 22.1 Å². The van der Waals surface area contributed by atoms with Crippen molar-refractivity contribution in [3.05, 3.63) is 23.8 Å².